The number of hydrogen-bond acceptors (Lipinski definition) is 10. The van der Waals surface area contributed by atoms with E-state index in [4.69, 9.17) is 0 Å². The van der Waals surface area contributed by atoms with Crippen LogP contribution in [0.1, 0.15) is 219 Å². The van der Waals surface area contributed by atoms with E-state index in [-0.39, 0.29) is 35.9 Å². The summed E-state index contributed by atoms with van der Waals surface area (Å²) in [6.45, 7) is 4.49. The number of rotatable bonds is 34. The molecule has 0 bridgehead atoms. The molecule has 0 spiro atoms. The van der Waals surface area contributed by atoms with Crippen LogP contribution in [0.25, 0.3) is 0 Å². The maximum atomic E-state index is 11.0. The van der Waals surface area contributed by atoms with Gasteiger partial charge in [-0.1, -0.05) is 194 Å². The van der Waals surface area contributed by atoms with Crippen LogP contribution in [0.4, 0.5) is 0 Å². The van der Waals surface area contributed by atoms with Gasteiger partial charge in [0.2, 0.25) is 0 Å². The summed E-state index contributed by atoms with van der Waals surface area (Å²) in [7, 11) is -9.79. The molecule has 13 heteroatoms. The Hall–Kier alpha value is -0.474. The zero-order chi connectivity index (χ0) is 36.2. The van der Waals surface area contributed by atoms with E-state index in [2.05, 4.69) is 22.2 Å². The van der Waals surface area contributed by atoms with Crippen molar-refractivity contribution in [2.75, 3.05) is 0 Å². The Morgan fingerprint density at radius 2 is 0.531 bits per heavy atom. The summed E-state index contributed by atoms with van der Waals surface area (Å²) in [6, 6.07) is 0. The second kappa shape index (κ2) is 38.8. The van der Waals surface area contributed by atoms with Crippen molar-refractivity contribution in [1.82, 2.24) is 0 Å². The van der Waals surface area contributed by atoms with Crippen LogP contribution in [0.15, 0.2) is 0 Å². The minimum atomic E-state index is -4.89. The van der Waals surface area contributed by atoms with Gasteiger partial charge in [0.1, 0.15) is 0 Å². The Balaban J connectivity index is -0.000000846. The van der Waals surface area contributed by atoms with Crippen LogP contribution in [0.3, 0.4) is 0 Å². The molecule has 0 radical (unpaired) electrons. The normalized spacial score (nSPS) is 11.3. The molecule has 0 N–H and O–H groups in total. The summed E-state index contributed by atoms with van der Waals surface area (Å²) >= 11 is 0. The number of unbranched alkanes of at least 4 members (excludes halogenated alkanes) is 28. The molecule has 0 unspecified atom stereocenters. The van der Waals surface area contributed by atoms with Gasteiger partial charge in [-0.05, 0) is 12.8 Å². The molecule has 0 heterocycles. The van der Waals surface area contributed by atoms with Gasteiger partial charge < -0.3 is 17.5 Å². The van der Waals surface area contributed by atoms with Crippen molar-refractivity contribution in [2.45, 2.75) is 219 Å². The molecule has 0 rings (SSSR count). The third-order valence-corrected chi connectivity index (χ3v) is 9.14. The summed E-state index contributed by atoms with van der Waals surface area (Å²) < 4.78 is 68.7. The van der Waals surface area contributed by atoms with Gasteiger partial charge in [0.05, 0.1) is 0 Å². The van der Waals surface area contributed by atoms with Gasteiger partial charge in [0, 0.05) is 12.8 Å². The smallest absolute Gasteiger partial charge is 0.716 e. The zero-order valence-electron chi connectivity index (χ0n) is 31.2. The van der Waals surface area contributed by atoms with E-state index < -0.39 is 32.7 Å². The van der Waals surface area contributed by atoms with Gasteiger partial charge in [-0.15, -0.1) is 0 Å². The molecule has 0 aromatic rings. The average Bonchev–Trinajstić information content (AvgIpc) is 2.99. The Labute approximate surface area is 317 Å². The second-order valence-electron chi connectivity index (χ2n) is 13.1. The van der Waals surface area contributed by atoms with Gasteiger partial charge in [-0.3, -0.25) is 9.59 Å². The first-order valence-electron chi connectivity index (χ1n) is 19.3. The predicted molar refractivity (Wildman–Crippen MR) is 196 cm³/mol. The third-order valence-electron chi connectivity index (χ3n) is 8.36. The van der Waals surface area contributed by atoms with E-state index in [9.17, 15) is 35.5 Å². The molecule has 0 aliphatic carbocycles. The second-order valence-corrected chi connectivity index (χ2v) is 15.1. The predicted octanol–water partition coefficient (Wildman–Crippen LogP) is 10.1. The molecule has 0 aromatic carbocycles. The van der Waals surface area contributed by atoms with Crippen LogP contribution in [0.2, 0.25) is 0 Å². The van der Waals surface area contributed by atoms with Crippen molar-refractivity contribution in [3.8, 4) is 0 Å². The van der Waals surface area contributed by atoms with Crippen molar-refractivity contribution in [3.05, 3.63) is 0 Å². The van der Waals surface area contributed by atoms with E-state index in [1.54, 1.807) is 0 Å². The standard InChI is InChI=1S/2C18H36O5S.Mg/c2*1-2-3-4-5-6-7-8-9-10-11-12-13-14-15-16-17-18(19)23-24(20,21)22;/h2*2-17H2,1H3,(H,20,21,22);/q;;+2/p-2. The fourth-order valence-electron chi connectivity index (χ4n) is 5.59. The van der Waals surface area contributed by atoms with Crippen molar-refractivity contribution in [1.29, 1.82) is 0 Å². The molecule has 0 aliphatic rings. The maximum Gasteiger partial charge on any atom is 2.00 e. The first kappa shape index (κ1) is 52.9. The van der Waals surface area contributed by atoms with Crippen LogP contribution < -0.4 is 0 Å². The third kappa shape index (κ3) is 52.0. The van der Waals surface area contributed by atoms with Gasteiger partial charge in [-0.2, -0.15) is 0 Å². The van der Waals surface area contributed by atoms with Crippen LogP contribution in [-0.2, 0) is 38.8 Å². The van der Waals surface area contributed by atoms with Gasteiger partial charge in [-0.25, -0.2) is 16.8 Å². The molecular weight excluding hydrogens is 681 g/mol. The molecule has 49 heavy (non-hydrogen) atoms. The van der Waals surface area contributed by atoms with Gasteiger partial charge in [0.25, 0.3) is 20.8 Å². The van der Waals surface area contributed by atoms with Crippen molar-refractivity contribution in [3.63, 3.8) is 0 Å². The number of carbonyl (C=O) groups excluding carboxylic acids is 2. The van der Waals surface area contributed by atoms with Gasteiger partial charge >= 0.3 is 35.0 Å². The summed E-state index contributed by atoms with van der Waals surface area (Å²) in [6.07, 6.45) is 36.7. The summed E-state index contributed by atoms with van der Waals surface area (Å²) in [5.41, 5.74) is 0. The van der Waals surface area contributed by atoms with Crippen LogP contribution >= 0.6 is 0 Å². The first-order chi connectivity index (χ1) is 22.9. The molecule has 0 amide bonds. The Bertz CT molecular complexity index is 867. The van der Waals surface area contributed by atoms with Crippen molar-refractivity contribution in [2.24, 2.45) is 0 Å². The molecule has 0 atom stereocenters. The summed E-state index contributed by atoms with van der Waals surface area (Å²) in [5, 5.41) is 0. The fourth-order valence-corrected chi connectivity index (χ4v) is 6.21. The van der Waals surface area contributed by atoms with E-state index in [0.717, 1.165) is 38.5 Å². The molecule has 0 saturated heterocycles. The largest absolute Gasteiger partial charge is 2.00 e. The van der Waals surface area contributed by atoms with E-state index in [1.165, 1.54) is 141 Å². The van der Waals surface area contributed by atoms with Crippen LogP contribution in [-0.4, -0.2) is 60.9 Å². The van der Waals surface area contributed by atoms with Crippen LogP contribution in [0.5, 0.6) is 0 Å². The molecule has 0 fully saturated rings. The summed E-state index contributed by atoms with van der Waals surface area (Å²) in [5.74, 6) is -1.89. The summed E-state index contributed by atoms with van der Waals surface area (Å²) in [4.78, 5) is 22.0. The number of carbonyl (C=O) groups is 2. The molecule has 288 valence electrons. The monoisotopic (exact) mass is 750 g/mol. The van der Waals surface area contributed by atoms with E-state index in [0.29, 0.717) is 12.8 Å². The van der Waals surface area contributed by atoms with E-state index >= 15 is 0 Å². The van der Waals surface area contributed by atoms with Crippen molar-refractivity contribution < 1.29 is 43.9 Å². The minimum absolute atomic E-state index is 0. The fraction of sp³-hybridized carbons (Fsp3) is 0.944. The minimum Gasteiger partial charge on any atom is -0.716 e. The Kier molecular flexibility index (Phi) is 41.8. The Morgan fingerprint density at radius 1 is 0.367 bits per heavy atom. The molecule has 0 aliphatic heterocycles. The Morgan fingerprint density at radius 3 is 0.694 bits per heavy atom. The molecular formula is C36H70MgO10S2. The van der Waals surface area contributed by atoms with Crippen LogP contribution in [0, 0.1) is 0 Å². The number of hydrogen-bond donors (Lipinski definition) is 0. The SMILES string of the molecule is CCCCCCCCCCCCCCCCCC(=O)OS(=O)(=O)[O-].CCCCCCCCCCCCCCCCCC(=O)OS(=O)(=O)[O-].[Mg+2]. The zero-order valence-corrected chi connectivity index (χ0v) is 34.3. The topological polar surface area (TPSA) is 167 Å². The van der Waals surface area contributed by atoms with E-state index in [1.807, 2.05) is 0 Å². The maximum absolute atomic E-state index is 11.0. The average molecular weight is 751 g/mol. The van der Waals surface area contributed by atoms with Crippen molar-refractivity contribution >= 4 is 55.8 Å². The first-order valence-corrected chi connectivity index (χ1v) is 21.9. The molecule has 0 aromatic heterocycles. The quantitative estimate of drug-likeness (QED) is 0.0267. The van der Waals surface area contributed by atoms with Gasteiger partial charge in [0.15, 0.2) is 0 Å². The molecule has 10 nitrogen and oxygen atoms in total. The molecule has 0 saturated carbocycles.